The molecule has 0 heterocycles. The van der Waals surface area contributed by atoms with Crippen LogP contribution >= 0.6 is 0 Å². The summed E-state index contributed by atoms with van der Waals surface area (Å²) in [7, 11) is -3.83. The van der Waals surface area contributed by atoms with Crippen LogP contribution in [0, 0.1) is 16.0 Å². The predicted octanol–water partition coefficient (Wildman–Crippen LogP) is 2.04. The SMILES string of the molecule is Nc1ccc([N+](=O)[O-])cc1S(=O)(=O)NCC1CCCCC1. The van der Waals surface area contributed by atoms with Gasteiger partial charge < -0.3 is 5.73 Å². The third kappa shape index (κ3) is 3.92. The lowest BCUT2D eigenvalue weighted by molar-refractivity contribution is -0.385. The maximum atomic E-state index is 12.3. The number of nitrogens with zero attached hydrogens (tertiary/aromatic N) is 1. The molecule has 3 N–H and O–H groups in total. The lowest BCUT2D eigenvalue weighted by atomic mass is 9.90. The average molecular weight is 313 g/mol. The van der Waals surface area contributed by atoms with E-state index in [0.717, 1.165) is 31.7 Å². The Morgan fingerprint density at radius 3 is 2.57 bits per heavy atom. The van der Waals surface area contributed by atoms with Crippen LogP contribution in [0.2, 0.25) is 0 Å². The van der Waals surface area contributed by atoms with Gasteiger partial charge in [-0.15, -0.1) is 0 Å². The van der Waals surface area contributed by atoms with E-state index in [1.165, 1.54) is 18.6 Å². The van der Waals surface area contributed by atoms with E-state index in [4.69, 9.17) is 5.73 Å². The number of hydrogen-bond acceptors (Lipinski definition) is 5. The minimum Gasteiger partial charge on any atom is -0.398 e. The third-order valence-electron chi connectivity index (χ3n) is 3.78. The molecule has 0 unspecified atom stereocenters. The Labute approximate surface area is 123 Å². The van der Waals surface area contributed by atoms with Gasteiger partial charge in [-0.05, 0) is 24.8 Å². The van der Waals surface area contributed by atoms with Gasteiger partial charge in [-0.2, -0.15) is 0 Å². The van der Waals surface area contributed by atoms with Gasteiger partial charge in [0.15, 0.2) is 0 Å². The van der Waals surface area contributed by atoms with E-state index in [1.54, 1.807) is 0 Å². The Kier molecular flexibility index (Phi) is 4.79. The summed E-state index contributed by atoms with van der Waals surface area (Å²) in [6.45, 7) is 0.352. The van der Waals surface area contributed by atoms with E-state index >= 15 is 0 Å². The average Bonchev–Trinajstić information content (AvgIpc) is 2.46. The van der Waals surface area contributed by atoms with Crippen molar-refractivity contribution >= 4 is 21.4 Å². The molecule has 21 heavy (non-hydrogen) atoms. The zero-order valence-corrected chi connectivity index (χ0v) is 12.4. The Balaban J connectivity index is 2.14. The smallest absolute Gasteiger partial charge is 0.270 e. The number of non-ortho nitro benzene ring substituents is 1. The lowest BCUT2D eigenvalue weighted by Gasteiger charge is -2.21. The van der Waals surface area contributed by atoms with Crippen LogP contribution in [-0.2, 0) is 10.0 Å². The summed E-state index contributed by atoms with van der Waals surface area (Å²) in [6, 6.07) is 3.43. The molecule has 0 spiro atoms. The first kappa shape index (κ1) is 15.7. The van der Waals surface area contributed by atoms with Gasteiger partial charge in [-0.3, -0.25) is 10.1 Å². The van der Waals surface area contributed by atoms with Crippen molar-refractivity contribution in [2.45, 2.75) is 37.0 Å². The Bertz CT molecular complexity index is 624. The Morgan fingerprint density at radius 2 is 1.95 bits per heavy atom. The molecule has 0 amide bonds. The topological polar surface area (TPSA) is 115 Å². The van der Waals surface area contributed by atoms with E-state index in [9.17, 15) is 18.5 Å². The summed E-state index contributed by atoms with van der Waals surface area (Å²) >= 11 is 0. The molecular formula is C13H19N3O4S. The fourth-order valence-electron chi connectivity index (χ4n) is 2.57. The van der Waals surface area contributed by atoms with Crippen molar-refractivity contribution in [3.8, 4) is 0 Å². The van der Waals surface area contributed by atoms with E-state index in [2.05, 4.69) is 4.72 Å². The van der Waals surface area contributed by atoms with Gasteiger partial charge in [-0.25, -0.2) is 13.1 Å². The number of nitrogens with two attached hydrogens (primary N) is 1. The van der Waals surface area contributed by atoms with Crippen molar-refractivity contribution in [3.05, 3.63) is 28.3 Å². The maximum absolute atomic E-state index is 12.3. The van der Waals surface area contributed by atoms with Gasteiger partial charge in [0.1, 0.15) is 4.90 Å². The molecule has 2 rings (SSSR count). The summed E-state index contributed by atoms with van der Waals surface area (Å²) in [5, 5.41) is 10.7. The molecule has 0 atom stereocenters. The predicted molar refractivity (Wildman–Crippen MR) is 79.3 cm³/mol. The van der Waals surface area contributed by atoms with E-state index in [-0.39, 0.29) is 16.3 Å². The van der Waals surface area contributed by atoms with Crippen LogP contribution in [0.15, 0.2) is 23.1 Å². The molecule has 1 saturated carbocycles. The van der Waals surface area contributed by atoms with Gasteiger partial charge in [0.2, 0.25) is 10.0 Å². The zero-order chi connectivity index (χ0) is 15.5. The van der Waals surface area contributed by atoms with Crippen LogP contribution in [0.3, 0.4) is 0 Å². The minimum atomic E-state index is -3.83. The van der Waals surface area contributed by atoms with Gasteiger partial charge >= 0.3 is 0 Å². The third-order valence-corrected chi connectivity index (χ3v) is 5.26. The van der Waals surface area contributed by atoms with Crippen LogP contribution in [0.4, 0.5) is 11.4 Å². The van der Waals surface area contributed by atoms with Gasteiger partial charge in [0.05, 0.1) is 10.6 Å². The molecule has 1 aromatic rings. The molecule has 0 radical (unpaired) electrons. The molecule has 7 nitrogen and oxygen atoms in total. The molecule has 0 bridgehead atoms. The molecule has 1 aliphatic rings. The minimum absolute atomic E-state index is 0.0109. The number of benzene rings is 1. The van der Waals surface area contributed by atoms with E-state index in [0.29, 0.717) is 12.5 Å². The first-order valence-electron chi connectivity index (χ1n) is 6.94. The fourth-order valence-corrected chi connectivity index (χ4v) is 3.83. The number of nitro benzene ring substituents is 1. The number of nitro groups is 1. The molecule has 0 aromatic heterocycles. The van der Waals surface area contributed by atoms with Gasteiger partial charge in [0, 0.05) is 18.7 Å². The Morgan fingerprint density at radius 1 is 1.29 bits per heavy atom. The standard InChI is InChI=1S/C13H19N3O4S/c14-12-7-6-11(16(17)18)8-13(12)21(19,20)15-9-10-4-2-1-3-5-10/h6-8,10,15H,1-5,9,14H2. The number of nitrogen functional groups attached to an aromatic ring is 1. The van der Waals surface area contributed by atoms with Crippen molar-refractivity contribution in [2.24, 2.45) is 5.92 Å². The van der Waals surface area contributed by atoms with Crippen molar-refractivity contribution in [2.75, 3.05) is 12.3 Å². The molecule has 8 heteroatoms. The summed E-state index contributed by atoms with van der Waals surface area (Å²) in [5.41, 5.74) is 5.36. The highest BCUT2D eigenvalue weighted by atomic mass is 32.2. The molecule has 1 aromatic carbocycles. The number of hydrogen-bond donors (Lipinski definition) is 2. The molecule has 0 aliphatic heterocycles. The molecular weight excluding hydrogens is 294 g/mol. The monoisotopic (exact) mass is 313 g/mol. The fraction of sp³-hybridized carbons (Fsp3) is 0.538. The van der Waals surface area contributed by atoms with Gasteiger partial charge in [0.25, 0.3) is 5.69 Å². The molecule has 1 aliphatic carbocycles. The highest BCUT2D eigenvalue weighted by Crippen LogP contribution is 2.26. The van der Waals surface area contributed by atoms with Crippen LogP contribution in [0.5, 0.6) is 0 Å². The van der Waals surface area contributed by atoms with Crippen LogP contribution in [0.1, 0.15) is 32.1 Å². The zero-order valence-electron chi connectivity index (χ0n) is 11.6. The number of anilines is 1. The van der Waals surface area contributed by atoms with Crippen LogP contribution in [0.25, 0.3) is 0 Å². The highest BCUT2D eigenvalue weighted by molar-refractivity contribution is 7.89. The number of sulfonamides is 1. The summed E-state index contributed by atoms with van der Waals surface area (Å²) in [4.78, 5) is 9.88. The maximum Gasteiger partial charge on any atom is 0.270 e. The lowest BCUT2D eigenvalue weighted by Crippen LogP contribution is -2.30. The van der Waals surface area contributed by atoms with E-state index < -0.39 is 14.9 Å². The van der Waals surface area contributed by atoms with Gasteiger partial charge in [-0.1, -0.05) is 19.3 Å². The summed E-state index contributed by atoms with van der Waals surface area (Å²) < 4.78 is 27.0. The number of rotatable bonds is 5. The van der Waals surface area contributed by atoms with Crippen molar-refractivity contribution < 1.29 is 13.3 Å². The molecule has 0 saturated heterocycles. The summed E-state index contributed by atoms with van der Waals surface area (Å²) in [6.07, 6.45) is 5.44. The normalized spacial score (nSPS) is 16.8. The van der Waals surface area contributed by atoms with E-state index in [1.807, 2.05) is 0 Å². The first-order valence-corrected chi connectivity index (χ1v) is 8.42. The van der Waals surface area contributed by atoms with Crippen molar-refractivity contribution in [1.29, 1.82) is 0 Å². The Hall–Kier alpha value is -1.67. The second-order valence-electron chi connectivity index (χ2n) is 5.34. The number of nitrogens with one attached hydrogen (secondary N) is 1. The second kappa shape index (κ2) is 6.40. The molecule has 116 valence electrons. The van der Waals surface area contributed by atoms with Crippen LogP contribution in [-0.4, -0.2) is 19.9 Å². The highest BCUT2D eigenvalue weighted by Gasteiger charge is 2.23. The van der Waals surface area contributed by atoms with Crippen molar-refractivity contribution in [3.63, 3.8) is 0 Å². The summed E-state index contributed by atoms with van der Waals surface area (Å²) in [5.74, 6) is 0.327. The van der Waals surface area contributed by atoms with Crippen molar-refractivity contribution in [1.82, 2.24) is 4.72 Å². The van der Waals surface area contributed by atoms with Crippen LogP contribution < -0.4 is 10.5 Å². The second-order valence-corrected chi connectivity index (χ2v) is 7.07. The quantitative estimate of drug-likeness (QED) is 0.490. The molecule has 1 fully saturated rings. The first-order chi connectivity index (χ1) is 9.90. The largest absolute Gasteiger partial charge is 0.398 e.